The summed E-state index contributed by atoms with van der Waals surface area (Å²) in [6.45, 7) is 17.7. The van der Waals surface area contributed by atoms with Crippen LogP contribution in [-0.2, 0) is 9.53 Å². The van der Waals surface area contributed by atoms with Crippen LogP contribution in [-0.4, -0.2) is 43.1 Å². The van der Waals surface area contributed by atoms with E-state index in [2.05, 4.69) is 25.3 Å². The number of esters is 1. The maximum atomic E-state index is 11.8. The van der Waals surface area contributed by atoms with E-state index >= 15 is 0 Å². The molecule has 0 aliphatic rings. The number of pyridine rings is 1. The summed E-state index contributed by atoms with van der Waals surface area (Å²) >= 11 is 0. The van der Waals surface area contributed by atoms with E-state index < -0.39 is 0 Å². The summed E-state index contributed by atoms with van der Waals surface area (Å²) in [6.07, 6.45) is 3.09. The third-order valence-corrected chi connectivity index (χ3v) is 4.95. The molecule has 0 unspecified atom stereocenters. The molecule has 0 radical (unpaired) electrons. The highest BCUT2D eigenvalue weighted by Crippen LogP contribution is 2.19. The molecule has 3 aromatic rings. The van der Waals surface area contributed by atoms with Gasteiger partial charge in [-0.1, -0.05) is 0 Å². The van der Waals surface area contributed by atoms with Gasteiger partial charge in [0.25, 0.3) is 5.56 Å². The normalized spacial score (nSPS) is 11.2. The summed E-state index contributed by atoms with van der Waals surface area (Å²) in [5.74, 6) is 1.78. The van der Waals surface area contributed by atoms with E-state index in [0.717, 1.165) is 33.8 Å². The fraction of sp³-hybridized carbons (Fsp3) is 0.462. The van der Waals surface area contributed by atoms with Crippen LogP contribution in [0.15, 0.2) is 23.0 Å². The number of nitrogens with one attached hydrogen (secondary N) is 1. The van der Waals surface area contributed by atoms with Crippen LogP contribution in [0.3, 0.4) is 0 Å². The van der Waals surface area contributed by atoms with Gasteiger partial charge in [-0.3, -0.25) is 9.36 Å². The number of ether oxygens (including phenoxy) is 1. The molecule has 3 rings (SSSR count). The minimum Gasteiger partial charge on any atom is -0.463 e. The molecule has 9 nitrogen and oxygen atoms in total. The van der Waals surface area contributed by atoms with Crippen molar-refractivity contribution in [1.82, 2.24) is 24.5 Å². The number of aryl methyl sites for hydroxylation is 4. The molecule has 188 valence electrons. The molecule has 0 amide bonds. The van der Waals surface area contributed by atoms with Crippen LogP contribution < -0.4 is 10.9 Å². The maximum absolute atomic E-state index is 11.8. The lowest BCUT2D eigenvalue weighted by Gasteiger charge is -2.14. The lowest BCUT2D eigenvalue weighted by molar-refractivity contribution is -0.137. The first kappa shape index (κ1) is 27.6. The van der Waals surface area contributed by atoms with Gasteiger partial charge in [0, 0.05) is 35.2 Å². The van der Waals surface area contributed by atoms with Gasteiger partial charge in [0.05, 0.1) is 18.0 Å². The molecule has 3 heterocycles. The first-order valence-electron chi connectivity index (χ1n) is 11.8. The lowest BCUT2D eigenvalue weighted by atomic mass is 10.2. The van der Waals surface area contributed by atoms with E-state index in [1.807, 2.05) is 55.4 Å². The van der Waals surface area contributed by atoms with E-state index in [1.165, 1.54) is 6.08 Å². The van der Waals surface area contributed by atoms with Crippen LogP contribution in [0.5, 0.6) is 0 Å². The van der Waals surface area contributed by atoms with Crippen molar-refractivity contribution in [2.75, 3.05) is 11.9 Å². The van der Waals surface area contributed by atoms with Crippen molar-refractivity contribution >= 4 is 28.9 Å². The monoisotopic (exact) mass is 480 g/mol. The molecule has 0 fully saturated rings. The van der Waals surface area contributed by atoms with E-state index in [0.29, 0.717) is 18.3 Å². The van der Waals surface area contributed by atoms with Gasteiger partial charge in [-0.15, -0.1) is 0 Å². The summed E-state index contributed by atoms with van der Waals surface area (Å²) in [7, 11) is 0. The number of fused-ring (bicyclic) bond motifs is 1. The summed E-state index contributed by atoms with van der Waals surface area (Å²) in [4.78, 5) is 40.5. The van der Waals surface area contributed by atoms with E-state index in [-0.39, 0.29) is 23.6 Å². The SMILES string of the molecule is CCOC(=O)/C=C/c1c(C)nc(C)nc1NC(C)C.Cc1nc(C)c2ccc(=O)n(C(C)C)c2n1. The summed E-state index contributed by atoms with van der Waals surface area (Å²) in [6, 6.07) is 3.73. The fourth-order valence-electron chi connectivity index (χ4n) is 3.57. The molecule has 3 aromatic heterocycles. The van der Waals surface area contributed by atoms with E-state index in [9.17, 15) is 9.59 Å². The predicted octanol–water partition coefficient (Wildman–Crippen LogP) is 4.48. The van der Waals surface area contributed by atoms with Gasteiger partial charge in [-0.25, -0.2) is 24.7 Å². The Morgan fingerprint density at radius 1 is 1.00 bits per heavy atom. The van der Waals surface area contributed by atoms with Crippen LogP contribution in [0.4, 0.5) is 5.82 Å². The van der Waals surface area contributed by atoms with Crippen molar-refractivity contribution in [3.63, 3.8) is 0 Å². The number of rotatable bonds is 6. The van der Waals surface area contributed by atoms with Gasteiger partial charge in [-0.2, -0.15) is 0 Å². The first-order valence-corrected chi connectivity index (χ1v) is 11.8. The first-order chi connectivity index (χ1) is 16.4. The number of carbonyl (C=O) groups is 1. The van der Waals surface area contributed by atoms with Crippen molar-refractivity contribution in [2.45, 2.75) is 74.4 Å². The largest absolute Gasteiger partial charge is 0.463 e. The van der Waals surface area contributed by atoms with Crippen molar-refractivity contribution in [2.24, 2.45) is 0 Å². The smallest absolute Gasteiger partial charge is 0.330 e. The minimum absolute atomic E-state index is 0.0139. The maximum Gasteiger partial charge on any atom is 0.330 e. The molecule has 0 saturated carbocycles. The number of hydrogen-bond donors (Lipinski definition) is 1. The summed E-state index contributed by atoms with van der Waals surface area (Å²) in [5.41, 5.74) is 3.27. The van der Waals surface area contributed by atoms with Gasteiger partial charge in [-0.05, 0) is 74.5 Å². The zero-order valence-corrected chi connectivity index (χ0v) is 22.1. The highest BCUT2D eigenvalue weighted by atomic mass is 16.5. The molecular weight excluding hydrogens is 444 g/mol. The number of nitrogens with zero attached hydrogens (tertiary/aromatic N) is 5. The highest BCUT2D eigenvalue weighted by molar-refractivity contribution is 5.88. The molecule has 1 N–H and O–H groups in total. The van der Waals surface area contributed by atoms with Crippen molar-refractivity contribution in [3.8, 4) is 0 Å². The zero-order valence-electron chi connectivity index (χ0n) is 22.1. The Hall–Kier alpha value is -3.62. The molecule has 0 aromatic carbocycles. The second-order valence-electron chi connectivity index (χ2n) is 8.73. The summed E-state index contributed by atoms with van der Waals surface area (Å²) in [5, 5.41) is 4.20. The number of anilines is 1. The second-order valence-corrected chi connectivity index (χ2v) is 8.73. The molecular formula is C26H36N6O3. The van der Waals surface area contributed by atoms with Gasteiger partial charge >= 0.3 is 5.97 Å². The van der Waals surface area contributed by atoms with Gasteiger partial charge in [0.1, 0.15) is 23.1 Å². The lowest BCUT2D eigenvalue weighted by Crippen LogP contribution is -2.22. The molecule has 0 aliphatic carbocycles. The van der Waals surface area contributed by atoms with Gasteiger partial charge in [0.15, 0.2) is 0 Å². The van der Waals surface area contributed by atoms with Gasteiger partial charge in [0.2, 0.25) is 0 Å². The Kier molecular flexibility index (Phi) is 9.62. The minimum atomic E-state index is -0.363. The summed E-state index contributed by atoms with van der Waals surface area (Å²) < 4.78 is 6.57. The van der Waals surface area contributed by atoms with Crippen molar-refractivity contribution in [1.29, 1.82) is 0 Å². The van der Waals surface area contributed by atoms with Crippen LogP contribution in [0, 0.1) is 27.7 Å². The topological polar surface area (TPSA) is 112 Å². The fourth-order valence-corrected chi connectivity index (χ4v) is 3.57. The van der Waals surface area contributed by atoms with Crippen molar-refractivity contribution < 1.29 is 9.53 Å². The Bertz CT molecular complexity index is 1280. The highest BCUT2D eigenvalue weighted by Gasteiger charge is 2.11. The number of hydrogen-bond acceptors (Lipinski definition) is 8. The Labute approximate surface area is 206 Å². The molecule has 0 spiro atoms. The van der Waals surface area contributed by atoms with Crippen LogP contribution in [0.25, 0.3) is 17.1 Å². The molecule has 0 saturated heterocycles. The zero-order chi connectivity index (χ0) is 26.3. The van der Waals surface area contributed by atoms with E-state index in [1.54, 1.807) is 29.7 Å². The predicted molar refractivity (Wildman–Crippen MR) is 140 cm³/mol. The van der Waals surface area contributed by atoms with Crippen LogP contribution >= 0.6 is 0 Å². The Morgan fingerprint density at radius 3 is 2.23 bits per heavy atom. The van der Waals surface area contributed by atoms with Crippen LogP contribution in [0.1, 0.15) is 69.3 Å². The Morgan fingerprint density at radius 2 is 1.63 bits per heavy atom. The third kappa shape index (κ3) is 7.43. The number of aromatic nitrogens is 5. The van der Waals surface area contributed by atoms with Crippen LogP contribution in [0.2, 0.25) is 0 Å². The van der Waals surface area contributed by atoms with E-state index in [4.69, 9.17) is 4.74 Å². The number of carbonyl (C=O) groups excluding carboxylic acids is 1. The average molecular weight is 481 g/mol. The second kappa shape index (κ2) is 12.2. The molecule has 0 aliphatic heterocycles. The third-order valence-electron chi connectivity index (χ3n) is 4.95. The van der Waals surface area contributed by atoms with Gasteiger partial charge < -0.3 is 10.1 Å². The standard InChI is InChI=1S/C14H21N3O2.C12H15N3O/c1-6-19-13(18)8-7-12-10(4)16-11(5)17-14(12)15-9(2)3;1-7(2)15-11(16)6-5-10-8(3)13-9(4)14-12(10)15/h7-9H,6H2,1-5H3,(H,15,16,17);5-7H,1-4H3/b8-7+;. The average Bonchev–Trinajstić information content (AvgIpc) is 2.72. The molecule has 9 heteroatoms. The Balaban J connectivity index is 0.000000250. The molecule has 0 bridgehead atoms. The van der Waals surface area contributed by atoms with Crippen molar-refractivity contribution in [3.05, 3.63) is 57.2 Å². The quantitative estimate of drug-likeness (QED) is 0.406. The molecule has 0 atom stereocenters. The molecule has 35 heavy (non-hydrogen) atoms.